The Balaban J connectivity index is 0.00000900. The fraction of sp³-hybridized carbons (Fsp3) is 0.474. The predicted molar refractivity (Wildman–Crippen MR) is 128 cm³/mol. The molecule has 1 radical (unpaired) electrons. The number of nitrogens with zero attached hydrogens (tertiary/aromatic N) is 7. The molecule has 0 heterocycles. The van der Waals surface area contributed by atoms with Crippen LogP contribution in [0.2, 0.25) is 0 Å². The van der Waals surface area contributed by atoms with Crippen molar-refractivity contribution in [2.75, 3.05) is 26.2 Å². The van der Waals surface area contributed by atoms with E-state index >= 15 is 0 Å². The Morgan fingerprint density at radius 1 is 0.871 bits per heavy atom. The summed E-state index contributed by atoms with van der Waals surface area (Å²) in [6.07, 6.45) is 0. The van der Waals surface area contributed by atoms with E-state index in [4.69, 9.17) is 25.3 Å². The summed E-state index contributed by atoms with van der Waals surface area (Å²) in [5.74, 6) is 0. The quantitative estimate of drug-likeness (QED) is 0.126. The van der Waals surface area contributed by atoms with E-state index < -0.39 is 4.92 Å². The van der Waals surface area contributed by atoms with Gasteiger partial charge in [-0.15, -0.1) is 5.10 Å². The zero-order chi connectivity index (χ0) is 22.7. The minimum absolute atomic E-state index is 0. The first-order valence-corrected chi connectivity index (χ1v) is 10.5. The molecule has 1 aromatic rings. The van der Waals surface area contributed by atoms with Gasteiger partial charge in [0.25, 0.3) is 5.69 Å². The van der Waals surface area contributed by atoms with Crippen LogP contribution in [0.1, 0.15) is 40.2 Å². The van der Waals surface area contributed by atoms with Gasteiger partial charge in [-0.05, 0) is 46.8 Å². The smallest absolute Gasteiger partial charge is 0.741 e. The Bertz CT molecular complexity index is 834. The van der Waals surface area contributed by atoms with Crippen LogP contribution in [0.15, 0.2) is 44.7 Å². The molecule has 0 aliphatic rings. The molecular formula is C19H27CuN7O2S2. The maximum absolute atomic E-state index is 10.9. The summed E-state index contributed by atoms with van der Waals surface area (Å²) in [6.45, 7) is 12.5. The van der Waals surface area contributed by atoms with Gasteiger partial charge in [0.2, 0.25) is 0 Å². The van der Waals surface area contributed by atoms with E-state index in [9.17, 15) is 10.1 Å². The van der Waals surface area contributed by atoms with Crippen LogP contribution in [-0.2, 0) is 42.3 Å². The number of amidine groups is 2. The van der Waals surface area contributed by atoms with E-state index in [1.54, 1.807) is 19.1 Å². The van der Waals surface area contributed by atoms with Gasteiger partial charge >= 0.3 is 17.1 Å². The number of nitro benzene ring substituents is 1. The van der Waals surface area contributed by atoms with Gasteiger partial charge in [0.1, 0.15) is 5.71 Å². The molecule has 12 heteroatoms. The molecule has 0 N–H and O–H groups in total. The minimum atomic E-state index is -0.459. The Kier molecular flexibility index (Phi) is 13.8. The van der Waals surface area contributed by atoms with Crippen molar-refractivity contribution in [2.24, 2.45) is 20.4 Å². The van der Waals surface area contributed by atoms with Crippen LogP contribution in [0.25, 0.3) is 0 Å². The summed E-state index contributed by atoms with van der Waals surface area (Å²) in [4.78, 5) is 14.3. The number of rotatable bonds is 9. The molecule has 0 aliphatic heterocycles. The Morgan fingerprint density at radius 2 is 1.29 bits per heavy atom. The van der Waals surface area contributed by atoms with Gasteiger partial charge in [0.05, 0.1) is 10.6 Å². The molecule has 9 nitrogen and oxygen atoms in total. The molecule has 0 fully saturated rings. The van der Waals surface area contributed by atoms with E-state index in [0.717, 1.165) is 13.1 Å². The molecular weight excluding hydrogens is 486 g/mol. The third-order valence-corrected chi connectivity index (χ3v) is 4.96. The van der Waals surface area contributed by atoms with Gasteiger partial charge in [0, 0.05) is 54.2 Å². The van der Waals surface area contributed by atoms with Crippen molar-refractivity contribution >= 4 is 52.7 Å². The van der Waals surface area contributed by atoms with Gasteiger partial charge < -0.3 is 35.1 Å². The number of hydrogen-bond acceptors (Lipinski definition) is 8. The van der Waals surface area contributed by atoms with E-state index in [-0.39, 0.29) is 22.8 Å². The maximum Gasteiger partial charge on any atom is 2.00 e. The fourth-order valence-corrected chi connectivity index (χ4v) is 3.05. The van der Waals surface area contributed by atoms with Crippen molar-refractivity contribution in [3.8, 4) is 0 Å². The molecule has 0 bridgehead atoms. The van der Waals surface area contributed by atoms with Gasteiger partial charge in [-0.2, -0.15) is 15.3 Å². The largest absolute Gasteiger partial charge is 2.00 e. The molecule has 0 aliphatic carbocycles. The zero-order valence-corrected chi connectivity index (χ0v) is 20.8. The van der Waals surface area contributed by atoms with Gasteiger partial charge in [0.15, 0.2) is 0 Å². The van der Waals surface area contributed by atoms with Crippen molar-refractivity contribution in [3.63, 3.8) is 0 Å². The van der Waals surface area contributed by atoms with Crippen LogP contribution in [0.4, 0.5) is 5.69 Å². The third-order valence-electron chi connectivity index (χ3n) is 4.28. The number of nitro groups is 1. The topological polar surface area (TPSA) is 99.1 Å². The third kappa shape index (κ3) is 8.86. The van der Waals surface area contributed by atoms with Crippen molar-refractivity contribution in [1.29, 1.82) is 0 Å². The maximum atomic E-state index is 10.9. The van der Waals surface area contributed by atoms with Crippen molar-refractivity contribution < 1.29 is 22.0 Å². The Morgan fingerprint density at radius 3 is 1.68 bits per heavy atom. The van der Waals surface area contributed by atoms with Crippen LogP contribution < -0.4 is 0 Å². The van der Waals surface area contributed by atoms with Crippen LogP contribution in [0.3, 0.4) is 0 Å². The molecule has 0 unspecified atom stereocenters. The SMILES string of the molecule is CCN(CC)C([S-])=NN=C(C)C(=NN=C([S-])N(CC)CC)c1ccc([N+](=O)[O-])cc1.[Cu+2]. The zero-order valence-electron chi connectivity index (χ0n) is 18.2. The average Bonchev–Trinajstić information content (AvgIpc) is 2.74. The number of hydrogen-bond donors (Lipinski definition) is 0. The molecule has 0 saturated carbocycles. The average molecular weight is 513 g/mol. The molecule has 0 spiro atoms. The summed E-state index contributed by atoms with van der Waals surface area (Å²) in [5.41, 5.74) is 1.46. The number of non-ortho nitro benzene ring substituents is 1. The Labute approximate surface area is 205 Å². The molecule has 31 heavy (non-hydrogen) atoms. The van der Waals surface area contributed by atoms with E-state index in [1.165, 1.54) is 12.1 Å². The Hall–Kier alpha value is -2.14. The normalized spacial score (nSPS) is 12.9. The monoisotopic (exact) mass is 512 g/mol. The van der Waals surface area contributed by atoms with E-state index in [2.05, 4.69) is 20.4 Å². The molecule has 0 aromatic heterocycles. The second kappa shape index (κ2) is 14.8. The van der Waals surface area contributed by atoms with Gasteiger partial charge in [-0.3, -0.25) is 10.1 Å². The summed E-state index contributed by atoms with van der Waals surface area (Å²) < 4.78 is 0. The molecule has 173 valence electrons. The molecule has 1 aromatic carbocycles. The summed E-state index contributed by atoms with van der Waals surface area (Å²) in [7, 11) is 0. The first-order valence-electron chi connectivity index (χ1n) is 9.65. The van der Waals surface area contributed by atoms with Crippen LogP contribution >= 0.6 is 0 Å². The molecule has 0 amide bonds. The second-order valence-corrected chi connectivity index (χ2v) is 6.78. The van der Waals surface area contributed by atoms with Crippen LogP contribution in [-0.4, -0.2) is 62.7 Å². The van der Waals surface area contributed by atoms with Crippen molar-refractivity contribution in [1.82, 2.24) is 9.80 Å². The molecule has 0 saturated heterocycles. The first kappa shape index (κ1) is 28.9. The minimum Gasteiger partial charge on any atom is -0.741 e. The van der Waals surface area contributed by atoms with Crippen molar-refractivity contribution in [3.05, 3.63) is 39.9 Å². The fourth-order valence-electron chi connectivity index (χ4n) is 2.45. The van der Waals surface area contributed by atoms with E-state index in [0.29, 0.717) is 40.4 Å². The van der Waals surface area contributed by atoms with Crippen molar-refractivity contribution in [2.45, 2.75) is 34.6 Å². The standard InChI is InChI=1S/C19H29N7O2S2.Cu/c1-6-24(7-2)18(29)22-20-14(5)17(21-23-19(30)25(8-3)9-4)15-10-12-16(13-11-15)26(27)28;/h10-13H,6-9H2,1-5H3,(H,22,29)(H,23,30);/q;+2/p-2. The van der Waals surface area contributed by atoms with E-state index in [1.807, 2.05) is 37.5 Å². The van der Waals surface area contributed by atoms with Gasteiger partial charge in [-0.25, -0.2) is 0 Å². The summed E-state index contributed by atoms with van der Waals surface area (Å²) in [5, 5.41) is 28.5. The predicted octanol–water partition coefficient (Wildman–Crippen LogP) is 3.16. The molecule has 1 rings (SSSR count). The second-order valence-electron chi connectivity index (χ2n) is 6.05. The number of benzene rings is 1. The van der Waals surface area contributed by atoms with Crippen LogP contribution in [0.5, 0.6) is 0 Å². The first-order chi connectivity index (χ1) is 14.3. The summed E-state index contributed by atoms with van der Waals surface area (Å²) >= 11 is 10.6. The van der Waals surface area contributed by atoms with Gasteiger partial charge in [-0.1, -0.05) is 0 Å². The molecule has 0 atom stereocenters. The summed E-state index contributed by atoms with van der Waals surface area (Å²) in [6, 6.07) is 5.99. The van der Waals surface area contributed by atoms with Crippen LogP contribution in [0, 0.1) is 10.1 Å².